The number of halogens is 1. The number of hydrogen-bond donors (Lipinski definition) is 0. The van der Waals surface area contributed by atoms with Crippen molar-refractivity contribution in [3.8, 4) is 0 Å². The molecule has 0 aromatic heterocycles. The zero-order valence-electron chi connectivity index (χ0n) is 6.03. The maximum Gasteiger partial charge on any atom is 3.00 e. The quantitative estimate of drug-likeness (QED) is 0.586. The molecule has 0 spiro atoms. The van der Waals surface area contributed by atoms with Crippen LogP contribution < -0.4 is 0 Å². The fourth-order valence-electron chi connectivity index (χ4n) is 0. The van der Waals surface area contributed by atoms with E-state index in [0.717, 1.165) is 0 Å². The van der Waals surface area contributed by atoms with Crippen molar-refractivity contribution in [2.24, 2.45) is 0 Å². The van der Waals surface area contributed by atoms with Gasteiger partial charge in [-0.1, -0.05) is 0 Å². The normalized spacial score (nSPS) is 2.25. The molecule has 1 radical (unpaired) electrons. The van der Waals surface area contributed by atoms with Crippen LogP contribution in [0.25, 0.3) is 0 Å². The minimum absolute atomic E-state index is 0. The summed E-state index contributed by atoms with van der Waals surface area (Å²) in [6, 6.07) is 0. The molecule has 8 heavy (non-hydrogen) atoms. The smallest absolute Gasteiger partial charge is 0.346 e. The molecule has 0 aromatic carbocycles. The molecule has 0 amide bonds. The molecular formula is C6H16BrZr. The molecule has 0 atom stereocenters. The first kappa shape index (κ1) is 34.4. The summed E-state index contributed by atoms with van der Waals surface area (Å²) in [6.45, 7) is 15.0. The van der Waals surface area contributed by atoms with Crippen molar-refractivity contribution in [1.82, 2.24) is 0 Å². The van der Waals surface area contributed by atoms with Crippen LogP contribution in [0.2, 0.25) is 0 Å². The Morgan fingerprint density at radius 1 is 0.625 bits per heavy atom. The second kappa shape index (κ2) is 244. The summed E-state index contributed by atoms with van der Waals surface area (Å²) in [4.78, 5) is 0. The average molecular weight is 259 g/mol. The fourth-order valence-corrected chi connectivity index (χ4v) is 0. The molecule has 0 heterocycles. The van der Waals surface area contributed by atoms with E-state index in [2.05, 4.69) is 20.8 Å². The summed E-state index contributed by atoms with van der Waals surface area (Å²) in [5.41, 5.74) is 0. The Morgan fingerprint density at radius 3 is 0.625 bits per heavy atom. The Kier molecular flexibility index (Phi) is 1050. The van der Waals surface area contributed by atoms with Gasteiger partial charge in [-0.15, -0.1) is 17.0 Å². The molecule has 0 rings (SSSR count). The van der Waals surface area contributed by atoms with Gasteiger partial charge in [-0.3, -0.25) is 0 Å². The van der Waals surface area contributed by atoms with Crippen molar-refractivity contribution in [2.75, 3.05) is 0 Å². The Morgan fingerprint density at radius 2 is 0.625 bits per heavy atom. The van der Waals surface area contributed by atoms with E-state index in [9.17, 15) is 0 Å². The van der Waals surface area contributed by atoms with Gasteiger partial charge in [0.25, 0.3) is 0 Å². The zero-order valence-corrected chi connectivity index (χ0v) is 10.2. The van der Waals surface area contributed by atoms with E-state index in [1.807, 2.05) is 0 Å². The van der Waals surface area contributed by atoms with Crippen LogP contribution in [0.1, 0.15) is 20.8 Å². The van der Waals surface area contributed by atoms with Gasteiger partial charge >= 0.3 is 26.2 Å². The predicted octanol–water partition coefficient (Wildman–Crippen LogP) is 3.10. The standard InChI is InChI=1S/3C2H5.BrH.Zr/c3*1-2;;/h3*1H2,2H3;1H;/q3*-1;;+3. The van der Waals surface area contributed by atoms with Crippen molar-refractivity contribution in [3.63, 3.8) is 0 Å². The van der Waals surface area contributed by atoms with Crippen LogP contribution in [-0.2, 0) is 26.2 Å². The molecule has 0 saturated carbocycles. The Labute approximate surface area is 84.3 Å². The van der Waals surface area contributed by atoms with Crippen LogP contribution in [0.15, 0.2) is 0 Å². The van der Waals surface area contributed by atoms with Crippen molar-refractivity contribution in [1.29, 1.82) is 0 Å². The van der Waals surface area contributed by atoms with Crippen molar-refractivity contribution >= 4 is 17.0 Å². The Bertz CT molecular complexity index is 8.49. The summed E-state index contributed by atoms with van der Waals surface area (Å²) in [5, 5.41) is 0. The van der Waals surface area contributed by atoms with Gasteiger partial charge in [-0.25, -0.2) is 0 Å². The molecular weight excluding hydrogens is 243 g/mol. The third kappa shape index (κ3) is 160. The molecule has 0 aliphatic carbocycles. The molecule has 0 aromatic rings. The van der Waals surface area contributed by atoms with E-state index in [0.29, 0.717) is 0 Å². The van der Waals surface area contributed by atoms with Gasteiger partial charge in [0, 0.05) is 0 Å². The van der Waals surface area contributed by atoms with E-state index in [-0.39, 0.29) is 43.2 Å². The molecule has 0 unspecified atom stereocenters. The molecule has 0 N–H and O–H groups in total. The summed E-state index contributed by atoms with van der Waals surface area (Å²) in [7, 11) is 0. The average Bonchev–Trinajstić information content (AvgIpc) is 1.81. The molecule has 0 fully saturated rings. The van der Waals surface area contributed by atoms with Gasteiger partial charge in [0.1, 0.15) is 0 Å². The van der Waals surface area contributed by atoms with Gasteiger partial charge in [-0.05, 0) is 0 Å². The summed E-state index contributed by atoms with van der Waals surface area (Å²) in [5.74, 6) is 0. The van der Waals surface area contributed by atoms with Crippen molar-refractivity contribution in [2.45, 2.75) is 20.8 Å². The number of hydrogen-bond acceptors (Lipinski definition) is 0. The van der Waals surface area contributed by atoms with E-state index < -0.39 is 0 Å². The first-order valence-electron chi connectivity index (χ1n) is 2.12. The summed E-state index contributed by atoms with van der Waals surface area (Å²) in [6.07, 6.45) is 0. The minimum Gasteiger partial charge on any atom is -0.346 e. The van der Waals surface area contributed by atoms with Crippen LogP contribution in [0.4, 0.5) is 0 Å². The first-order valence-corrected chi connectivity index (χ1v) is 2.12. The molecule has 0 bridgehead atoms. The SMILES string of the molecule is Br.[CH2-]C.[CH2-]C.[CH2-]C.[Zr+3]. The second-order valence-electron chi connectivity index (χ2n) is 0. The first-order chi connectivity index (χ1) is 3.00. The van der Waals surface area contributed by atoms with Gasteiger partial charge in [0.05, 0.1) is 0 Å². The van der Waals surface area contributed by atoms with E-state index >= 15 is 0 Å². The van der Waals surface area contributed by atoms with Gasteiger partial charge in [-0.2, -0.15) is 20.8 Å². The largest absolute Gasteiger partial charge is 3.00 e. The molecule has 0 aliphatic heterocycles. The maximum atomic E-state index is 3.25. The monoisotopic (exact) mass is 257 g/mol. The molecule has 0 aliphatic rings. The van der Waals surface area contributed by atoms with Crippen molar-refractivity contribution in [3.05, 3.63) is 20.8 Å². The van der Waals surface area contributed by atoms with Gasteiger partial charge < -0.3 is 20.8 Å². The van der Waals surface area contributed by atoms with Crippen LogP contribution >= 0.6 is 17.0 Å². The molecule has 0 nitrogen and oxygen atoms in total. The van der Waals surface area contributed by atoms with Gasteiger partial charge in [0.2, 0.25) is 0 Å². The Balaban J connectivity index is -0.00000000500. The maximum absolute atomic E-state index is 3.25. The third-order valence-corrected chi connectivity index (χ3v) is 0. The van der Waals surface area contributed by atoms with Crippen LogP contribution in [0, 0.1) is 20.8 Å². The predicted molar refractivity (Wildman–Crippen MR) is 43.4 cm³/mol. The topological polar surface area (TPSA) is 0 Å². The molecule has 51 valence electrons. The zero-order chi connectivity index (χ0) is 6.00. The van der Waals surface area contributed by atoms with Crippen LogP contribution in [-0.4, -0.2) is 0 Å². The third-order valence-electron chi connectivity index (χ3n) is 0. The number of rotatable bonds is 0. The summed E-state index contributed by atoms with van der Waals surface area (Å²) < 4.78 is 0. The van der Waals surface area contributed by atoms with Crippen LogP contribution in [0.5, 0.6) is 0 Å². The second-order valence-corrected chi connectivity index (χ2v) is 0. The van der Waals surface area contributed by atoms with E-state index in [1.54, 1.807) is 20.8 Å². The molecule has 0 saturated heterocycles. The molecule has 2 heteroatoms. The van der Waals surface area contributed by atoms with Crippen molar-refractivity contribution < 1.29 is 26.2 Å². The fraction of sp³-hybridized carbons (Fsp3) is 0.500. The Hall–Kier alpha value is 1.36. The van der Waals surface area contributed by atoms with E-state index in [1.165, 1.54) is 0 Å². The van der Waals surface area contributed by atoms with Crippen LogP contribution in [0.3, 0.4) is 0 Å². The van der Waals surface area contributed by atoms with E-state index in [4.69, 9.17) is 0 Å². The summed E-state index contributed by atoms with van der Waals surface area (Å²) >= 11 is 0. The minimum atomic E-state index is 0. The van der Waals surface area contributed by atoms with Gasteiger partial charge in [0.15, 0.2) is 0 Å².